The summed E-state index contributed by atoms with van der Waals surface area (Å²) in [5, 5.41) is 0. The average Bonchev–Trinajstić information content (AvgIpc) is 2.68. The lowest BCUT2D eigenvalue weighted by molar-refractivity contribution is -0.671. The molecule has 1 aromatic heterocycles. The molecule has 0 fully saturated rings. The average molecular weight is 300 g/mol. The first-order valence-electron chi connectivity index (χ1n) is 5.84. The van der Waals surface area contributed by atoms with Crippen molar-refractivity contribution in [3.63, 3.8) is 0 Å². The van der Waals surface area contributed by atoms with Crippen molar-refractivity contribution in [2.45, 2.75) is 13.5 Å². The fraction of sp³-hybridized carbons (Fsp3) is 0.600. The number of esters is 1. The fourth-order valence-corrected chi connectivity index (χ4v) is 1.15. The Kier molecular flexibility index (Phi) is 8.61. The molecule has 0 amide bonds. The Hall–Kier alpha value is -1.58. The van der Waals surface area contributed by atoms with Crippen molar-refractivity contribution >= 4 is 13.2 Å². The monoisotopic (exact) mass is 300 g/mol. The molecule has 1 aromatic rings. The highest BCUT2D eigenvalue weighted by Crippen LogP contribution is 2.06. The van der Waals surface area contributed by atoms with Gasteiger partial charge in [-0.15, -0.1) is 0 Å². The summed E-state index contributed by atoms with van der Waals surface area (Å²) >= 11 is 0. The number of aromatic nitrogens is 2. The van der Waals surface area contributed by atoms with Crippen molar-refractivity contribution in [1.82, 2.24) is 4.57 Å². The Balaban J connectivity index is 0.000000621. The van der Waals surface area contributed by atoms with Crippen molar-refractivity contribution in [1.29, 1.82) is 0 Å². The van der Waals surface area contributed by atoms with Gasteiger partial charge in [0.1, 0.15) is 19.0 Å². The molecule has 0 saturated heterocycles. The Morgan fingerprint density at radius 1 is 1.30 bits per heavy atom. The second kappa shape index (κ2) is 9.35. The van der Waals surface area contributed by atoms with Crippen molar-refractivity contribution in [3.8, 4) is 0 Å². The van der Waals surface area contributed by atoms with Gasteiger partial charge >= 0.3 is 13.2 Å². The van der Waals surface area contributed by atoms with Crippen molar-refractivity contribution in [2.75, 3.05) is 19.8 Å². The van der Waals surface area contributed by atoms with E-state index in [2.05, 4.69) is 0 Å². The third kappa shape index (κ3) is 12.9. The number of carbonyl (C=O) groups excluding carboxylic acids is 1. The molecule has 0 saturated carbocycles. The molecule has 0 spiro atoms. The Morgan fingerprint density at radius 3 is 2.35 bits per heavy atom. The largest absolute Gasteiger partial charge is 0.673 e. The molecule has 0 N–H and O–H groups in total. The molecule has 0 unspecified atom stereocenters. The van der Waals surface area contributed by atoms with Crippen LogP contribution < -0.4 is 4.57 Å². The van der Waals surface area contributed by atoms with Gasteiger partial charge in [0.25, 0.3) is 0 Å². The van der Waals surface area contributed by atoms with Crippen LogP contribution in [0, 0.1) is 0 Å². The predicted octanol–water partition coefficient (Wildman–Crippen LogP) is 1.19. The maximum Gasteiger partial charge on any atom is 0.673 e. The van der Waals surface area contributed by atoms with Crippen molar-refractivity contribution < 1.29 is 36.1 Å². The zero-order chi connectivity index (χ0) is 15.6. The van der Waals surface area contributed by atoms with Crippen LogP contribution in [0.4, 0.5) is 17.3 Å². The highest BCUT2D eigenvalue weighted by molar-refractivity contribution is 6.50. The topological polar surface area (TPSA) is 44.3 Å². The first-order chi connectivity index (χ1) is 9.22. The van der Waals surface area contributed by atoms with Gasteiger partial charge in [-0.1, -0.05) is 0 Å². The van der Waals surface area contributed by atoms with Crippen LogP contribution in [0.2, 0.25) is 0 Å². The zero-order valence-electron chi connectivity index (χ0n) is 11.3. The van der Waals surface area contributed by atoms with Crippen molar-refractivity contribution in [2.24, 2.45) is 7.05 Å². The number of imidazole rings is 1. The molecule has 0 aliphatic carbocycles. The van der Waals surface area contributed by atoms with E-state index >= 15 is 0 Å². The summed E-state index contributed by atoms with van der Waals surface area (Å²) in [4.78, 5) is 11.3. The molecule has 0 bridgehead atoms. The van der Waals surface area contributed by atoms with Gasteiger partial charge in [-0.3, -0.25) is 0 Å². The maximum atomic E-state index is 11.3. The van der Waals surface area contributed by atoms with E-state index in [0.29, 0.717) is 19.8 Å². The Labute approximate surface area is 114 Å². The summed E-state index contributed by atoms with van der Waals surface area (Å²) in [6.45, 7) is 3.57. The smallest absolute Gasteiger partial charge is 0.460 e. The predicted molar refractivity (Wildman–Crippen MR) is 63.2 cm³/mol. The van der Waals surface area contributed by atoms with E-state index in [1.165, 1.54) is 0 Å². The summed E-state index contributed by atoms with van der Waals surface area (Å²) in [5.41, 5.74) is 0. The van der Waals surface area contributed by atoms with Crippen LogP contribution in [-0.4, -0.2) is 37.6 Å². The standard InChI is InChI=1S/C10H17N2O3.BF4/c1-3-14-6-7-15-10(13)8-12-5-4-11(2)9-12;2-1(3,4)5/h4-5,9H,3,6-8H2,1-2H3;/q+1;-1. The molecule has 0 radical (unpaired) electrons. The SMILES string of the molecule is CCOCCOC(=O)Cn1cc[n+](C)c1.F[B-](F)(F)F. The lowest BCUT2D eigenvalue weighted by atomic mass is 10.3. The Bertz CT molecular complexity index is 392. The van der Waals surface area contributed by atoms with E-state index in [1.54, 1.807) is 4.57 Å². The van der Waals surface area contributed by atoms with E-state index in [1.807, 2.05) is 37.3 Å². The maximum absolute atomic E-state index is 11.3. The van der Waals surface area contributed by atoms with Crippen LogP contribution in [0.25, 0.3) is 0 Å². The Morgan fingerprint density at radius 2 is 1.90 bits per heavy atom. The van der Waals surface area contributed by atoms with Gasteiger partial charge in [-0.2, -0.15) is 0 Å². The number of aryl methyl sites for hydroxylation is 1. The lowest BCUT2D eigenvalue weighted by Crippen LogP contribution is -2.24. The number of ether oxygens (including phenoxy) is 2. The van der Waals surface area contributed by atoms with Crippen LogP contribution in [0.1, 0.15) is 6.92 Å². The van der Waals surface area contributed by atoms with Crippen LogP contribution in [0.3, 0.4) is 0 Å². The van der Waals surface area contributed by atoms with Crippen LogP contribution in [-0.2, 0) is 27.9 Å². The fourth-order valence-electron chi connectivity index (χ4n) is 1.15. The van der Waals surface area contributed by atoms with Gasteiger partial charge in [0.15, 0.2) is 6.54 Å². The zero-order valence-corrected chi connectivity index (χ0v) is 11.3. The van der Waals surface area contributed by atoms with Crippen LogP contribution in [0.5, 0.6) is 0 Å². The number of hydrogen-bond acceptors (Lipinski definition) is 3. The molecule has 0 aromatic carbocycles. The van der Waals surface area contributed by atoms with Crippen LogP contribution >= 0.6 is 0 Å². The molecule has 116 valence electrons. The lowest BCUT2D eigenvalue weighted by Gasteiger charge is -2.02. The highest BCUT2D eigenvalue weighted by Gasteiger charge is 2.20. The highest BCUT2D eigenvalue weighted by atomic mass is 19.5. The molecule has 20 heavy (non-hydrogen) atoms. The second-order valence-corrected chi connectivity index (χ2v) is 3.66. The third-order valence-electron chi connectivity index (χ3n) is 1.83. The van der Waals surface area contributed by atoms with E-state index in [-0.39, 0.29) is 12.5 Å². The van der Waals surface area contributed by atoms with Gasteiger partial charge < -0.3 is 26.7 Å². The number of nitrogens with zero attached hydrogens (tertiary/aromatic N) is 2. The molecule has 5 nitrogen and oxygen atoms in total. The molecule has 0 aliphatic heterocycles. The second-order valence-electron chi connectivity index (χ2n) is 3.66. The molecule has 0 atom stereocenters. The summed E-state index contributed by atoms with van der Waals surface area (Å²) in [5.74, 6) is -0.245. The van der Waals surface area contributed by atoms with Gasteiger partial charge in [-0.05, 0) is 6.92 Å². The molecular formula is C10H17BF4N2O3. The number of rotatable bonds is 6. The van der Waals surface area contributed by atoms with E-state index in [4.69, 9.17) is 9.47 Å². The molecular weight excluding hydrogens is 283 g/mol. The number of hydrogen-bond donors (Lipinski definition) is 0. The number of carbonyl (C=O) groups is 1. The van der Waals surface area contributed by atoms with Gasteiger partial charge in [-0.25, -0.2) is 13.9 Å². The molecule has 1 rings (SSSR count). The minimum atomic E-state index is -6.00. The first-order valence-corrected chi connectivity index (χ1v) is 5.84. The third-order valence-corrected chi connectivity index (χ3v) is 1.83. The van der Waals surface area contributed by atoms with Gasteiger partial charge in [0, 0.05) is 6.61 Å². The van der Waals surface area contributed by atoms with Gasteiger partial charge in [0.2, 0.25) is 6.33 Å². The summed E-state index contributed by atoms with van der Waals surface area (Å²) < 4.78 is 52.6. The summed E-state index contributed by atoms with van der Waals surface area (Å²) in [6, 6.07) is 0. The summed E-state index contributed by atoms with van der Waals surface area (Å²) in [7, 11) is -4.10. The van der Waals surface area contributed by atoms with E-state index in [0.717, 1.165) is 0 Å². The minimum absolute atomic E-state index is 0.243. The quantitative estimate of drug-likeness (QED) is 0.261. The normalized spacial score (nSPS) is 10.7. The minimum Gasteiger partial charge on any atom is -0.460 e. The summed E-state index contributed by atoms with van der Waals surface area (Å²) in [6.07, 6.45) is 5.51. The van der Waals surface area contributed by atoms with Crippen molar-refractivity contribution in [3.05, 3.63) is 18.7 Å². The van der Waals surface area contributed by atoms with E-state index in [9.17, 15) is 22.1 Å². The molecule has 10 heteroatoms. The first kappa shape index (κ1) is 18.4. The van der Waals surface area contributed by atoms with Gasteiger partial charge in [0.05, 0.1) is 13.7 Å². The molecule has 1 heterocycles. The molecule has 0 aliphatic rings. The van der Waals surface area contributed by atoms with E-state index < -0.39 is 7.25 Å². The number of halogens is 4. The van der Waals surface area contributed by atoms with Crippen LogP contribution in [0.15, 0.2) is 18.7 Å².